The lowest BCUT2D eigenvalue weighted by atomic mass is 10.5. The van der Waals surface area contributed by atoms with Gasteiger partial charge in [-0.05, 0) is 45.7 Å². The van der Waals surface area contributed by atoms with Crippen molar-refractivity contribution in [3.05, 3.63) is 43.3 Å². The summed E-state index contributed by atoms with van der Waals surface area (Å²) in [7, 11) is -7.49. The zero-order valence-electron chi connectivity index (χ0n) is 13.8. The van der Waals surface area contributed by atoms with Crippen LogP contribution in [0.25, 0.3) is 0 Å². The van der Waals surface area contributed by atoms with Crippen LogP contribution in [0.5, 0.6) is 0 Å². The lowest BCUT2D eigenvalue weighted by Gasteiger charge is -2.04. The summed E-state index contributed by atoms with van der Waals surface area (Å²) >= 11 is 5.25. The Hall–Kier alpha value is -1.78. The number of carboxylic acid groups (broad SMARTS) is 1. The first-order valence-electron chi connectivity index (χ1n) is 6.94. The number of carbonyl (C=O) groups is 1. The van der Waals surface area contributed by atoms with Crippen LogP contribution in [0, 0.1) is 6.92 Å². The molecule has 0 bridgehead atoms. The molecule has 0 amide bonds. The smallest absolute Gasteiger partial charge is 0.347 e. The molecule has 3 rings (SSSR count). The largest absolute Gasteiger partial charge is 0.477 e. The number of nitrogens with zero attached hydrogens (tertiary/aromatic N) is 1. The molecule has 0 spiro atoms. The van der Waals surface area contributed by atoms with Crippen LogP contribution < -0.4 is 9.86 Å². The zero-order chi connectivity index (χ0) is 21.1. The van der Waals surface area contributed by atoms with Gasteiger partial charge in [0.1, 0.15) is 14.2 Å². The highest BCUT2D eigenvalue weighted by Gasteiger charge is 2.26. The summed E-state index contributed by atoms with van der Waals surface area (Å²) in [6.07, 6.45) is 0. The number of hydrogen-bond acceptors (Lipinski definition) is 9. The van der Waals surface area contributed by atoms with Crippen LogP contribution >= 0.6 is 38.6 Å². The highest BCUT2D eigenvalue weighted by atomic mass is 79.9. The van der Waals surface area contributed by atoms with Gasteiger partial charge >= 0.3 is 5.97 Å². The Morgan fingerprint density at radius 3 is 2.39 bits per heavy atom. The highest BCUT2D eigenvalue weighted by molar-refractivity contribution is 9.10. The second kappa shape index (κ2) is 8.71. The second-order valence-corrected chi connectivity index (χ2v) is 10.6. The molecule has 3 aromatic heterocycles. The van der Waals surface area contributed by atoms with Crippen molar-refractivity contribution in [1.29, 1.82) is 0 Å². The van der Waals surface area contributed by atoms with Gasteiger partial charge in [-0.2, -0.15) is 11.3 Å². The van der Waals surface area contributed by atoms with Crippen molar-refractivity contribution in [1.82, 2.24) is 5.16 Å². The molecule has 0 atom stereocenters. The van der Waals surface area contributed by atoms with E-state index in [1.165, 1.54) is 34.2 Å². The van der Waals surface area contributed by atoms with Crippen LogP contribution in [0.3, 0.4) is 0 Å². The van der Waals surface area contributed by atoms with Gasteiger partial charge in [0.05, 0.1) is 10.6 Å². The van der Waals surface area contributed by atoms with Crippen LogP contribution in [0.15, 0.2) is 47.1 Å². The Morgan fingerprint density at radius 2 is 1.96 bits per heavy atom. The molecule has 0 saturated carbocycles. The Bertz CT molecular complexity index is 1180. The Balaban J connectivity index is 0.000000261. The van der Waals surface area contributed by atoms with E-state index in [0.717, 1.165) is 11.3 Å². The Kier molecular flexibility index (Phi) is 7.00. The van der Waals surface area contributed by atoms with Gasteiger partial charge in [0.2, 0.25) is 10.0 Å². The fraction of sp³-hybridized carbons (Fsp3) is 0.0769. The molecule has 15 heteroatoms. The van der Waals surface area contributed by atoms with Crippen LogP contribution in [0.2, 0.25) is 0 Å². The molecule has 0 fully saturated rings. The van der Waals surface area contributed by atoms with E-state index < -0.39 is 26.0 Å². The van der Waals surface area contributed by atoms with E-state index in [1.54, 1.807) is 12.3 Å². The molecule has 152 valence electrons. The van der Waals surface area contributed by atoms with Crippen molar-refractivity contribution in [3.8, 4) is 0 Å². The van der Waals surface area contributed by atoms with Gasteiger partial charge in [-0.25, -0.2) is 31.5 Å². The van der Waals surface area contributed by atoms with Gasteiger partial charge in [-0.1, -0.05) is 5.16 Å². The van der Waals surface area contributed by atoms with Crippen molar-refractivity contribution < 1.29 is 31.3 Å². The molecule has 28 heavy (non-hydrogen) atoms. The third kappa shape index (κ3) is 5.39. The average Bonchev–Trinajstić information content (AvgIpc) is 3.32. The number of nitrogens with one attached hydrogen (secondary N) is 1. The van der Waals surface area contributed by atoms with E-state index in [4.69, 9.17) is 14.8 Å². The summed E-state index contributed by atoms with van der Waals surface area (Å²) in [6, 6.07) is 2.69. The number of halogens is 1. The third-order valence-electron chi connectivity index (χ3n) is 2.95. The van der Waals surface area contributed by atoms with E-state index in [-0.39, 0.29) is 20.6 Å². The number of primary sulfonamides is 1. The number of anilines is 1. The van der Waals surface area contributed by atoms with E-state index in [9.17, 15) is 21.6 Å². The second-order valence-electron chi connectivity index (χ2n) is 4.94. The fourth-order valence-corrected chi connectivity index (χ4v) is 5.87. The predicted octanol–water partition coefficient (Wildman–Crippen LogP) is 2.70. The van der Waals surface area contributed by atoms with Gasteiger partial charge < -0.3 is 9.63 Å². The molecular formula is C13H12BrN3O7S4. The first-order valence-corrected chi connectivity index (χ1v) is 12.6. The normalized spacial score (nSPS) is 11.5. The van der Waals surface area contributed by atoms with Crippen molar-refractivity contribution in [2.24, 2.45) is 5.14 Å². The quantitative estimate of drug-likeness (QED) is 0.452. The topological polar surface area (TPSA) is 170 Å². The summed E-state index contributed by atoms with van der Waals surface area (Å²) in [6.45, 7) is 1.62. The van der Waals surface area contributed by atoms with Crippen LogP contribution in [-0.4, -0.2) is 33.1 Å². The molecule has 10 nitrogen and oxygen atoms in total. The third-order valence-corrected chi connectivity index (χ3v) is 8.04. The minimum Gasteiger partial charge on any atom is -0.477 e. The van der Waals surface area contributed by atoms with Gasteiger partial charge in [-0.15, -0.1) is 11.3 Å². The van der Waals surface area contributed by atoms with Gasteiger partial charge in [0.15, 0.2) is 0 Å². The number of carboxylic acids is 1. The lowest BCUT2D eigenvalue weighted by Crippen LogP contribution is -2.15. The Morgan fingerprint density at radius 1 is 1.29 bits per heavy atom. The highest BCUT2D eigenvalue weighted by Crippen LogP contribution is 2.29. The zero-order valence-corrected chi connectivity index (χ0v) is 18.7. The van der Waals surface area contributed by atoms with Crippen molar-refractivity contribution >= 4 is 70.5 Å². The van der Waals surface area contributed by atoms with Crippen molar-refractivity contribution in [2.75, 3.05) is 4.72 Å². The molecule has 0 radical (unpaired) electrons. The van der Waals surface area contributed by atoms with E-state index in [1.807, 2.05) is 0 Å². The monoisotopic (exact) mass is 529 g/mol. The molecule has 3 aromatic rings. The molecule has 0 saturated heterocycles. The van der Waals surface area contributed by atoms with E-state index in [2.05, 4.69) is 25.8 Å². The molecule has 0 aliphatic carbocycles. The molecule has 0 unspecified atom stereocenters. The molecule has 0 aromatic carbocycles. The summed E-state index contributed by atoms with van der Waals surface area (Å²) < 4.78 is 52.4. The number of aryl methyl sites for hydroxylation is 1. The minimum atomic E-state index is -4.04. The maximum Gasteiger partial charge on any atom is 0.347 e. The van der Waals surface area contributed by atoms with Gasteiger partial charge in [-0.3, -0.25) is 0 Å². The Labute approximate surface area is 176 Å². The standard InChI is InChI=1S/C9H7BrN2O5S2.C4H5NO2S2/c1-4-6(10)8(17-11-4)12-19(15,16)5-2-3-18-7(5)9(13)14;5-9(6,7)4-1-2-8-3-4/h2-3,12H,1H3,(H,13,14);1-3H,(H2,5,6,7). The first kappa shape index (κ1) is 22.5. The summed E-state index contributed by atoms with van der Waals surface area (Å²) in [5.41, 5.74) is 0.474. The molecular weight excluding hydrogens is 518 g/mol. The summed E-state index contributed by atoms with van der Waals surface area (Å²) in [5, 5.41) is 21.8. The van der Waals surface area contributed by atoms with E-state index in [0.29, 0.717) is 10.2 Å². The minimum absolute atomic E-state index is 0.0972. The van der Waals surface area contributed by atoms with Crippen molar-refractivity contribution in [3.63, 3.8) is 0 Å². The molecule has 0 aliphatic rings. The van der Waals surface area contributed by atoms with Gasteiger partial charge in [0.25, 0.3) is 15.9 Å². The summed E-state index contributed by atoms with van der Waals surface area (Å²) in [4.78, 5) is 10.5. The van der Waals surface area contributed by atoms with Crippen molar-refractivity contribution in [2.45, 2.75) is 16.7 Å². The first-order chi connectivity index (χ1) is 12.9. The number of hydrogen-bond donors (Lipinski definition) is 3. The summed E-state index contributed by atoms with van der Waals surface area (Å²) in [5.74, 6) is -1.40. The number of sulfonamides is 2. The number of nitrogens with two attached hydrogens (primary N) is 1. The van der Waals surface area contributed by atoms with Crippen LogP contribution in [-0.2, 0) is 20.0 Å². The molecule has 0 aliphatic heterocycles. The van der Waals surface area contributed by atoms with Crippen LogP contribution in [0.4, 0.5) is 5.88 Å². The number of aromatic nitrogens is 1. The van der Waals surface area contributed by atoms with E-state index >= 15 is 0 Å². The number of thiophene rings is 2. The maximum absolute atomic E-state index is 12.1. The van der Waals surface area contributed by atoms with Crippen LogP contribution in [0.1, 0.15) is 15.4 Å². The molecule has 3 heterocycles. The number of rotatable bonds is 5. The molecule has 4 N–H and O–H groups in total. The van der Waals surface area contributed by atoms with Gasteiger partial charge in [0, 0.05) is 5.38 Å². The average molecular weight is 530 g/mol. The maximum atomic E-state index is 12.1. The lowest BCUT2D eigenvalue weighted by molar-refractivity contribution is 0.0698. The number of aromatic carboxylic acids is 1. The fourth-order valence-electron chi connectivity index (χ4n) is 1.68. The SMILES string of the molecule is Cc1noc(NS(=O)(=O)c2ccsc2C(=O)O)c1Br.NS(=O)(=O)c1ccsc1. The predicted molar refractivity (Wildman–Crippen MR) is 107 cm³/mol.